The lowest BCUT2D eigenvalue weighted by atomic mass is 9.94. The second-order valence-electron chi connectivity index (χ2n) is 6.26. The van der Waals surface area contributed by atoms with E-state index in [1.807, 2.05) is 23.1 Å². The molecule has 6 heteroatoms. The van der Waals surface area contributed by atoms with E-state index in [0.29, 0.717) is 25.3 Å². The number of piperidine rings is 1. The average Bonchev–Trinajstić information content (AvgIpc) is 2.54. The van der Waals surface area contributed by atoms with Crippen LogP contribution in [0.15, 0.2) is 18.2 Å². The van der Waals surface area contributed by atoms with Crippen molar-refractivity contribution >= 4 is 29.9 Å². The molecule has 1 aromatic rings. The Balaban J connectivity index is 0.00000192. The highest BCUT2D eigenvalue weighted by molar-refractivity contribution is 5.98. The van der Waals surface area contributed by atoms with Crippen LogP contribution in [0.3, 0.4) is 0 Å². The third-order valence-corrected chi connectivity index (χ3v) is 4.63. The van der Waals surface area contributed by atoms with E-state index in [4.69, 9.17) is 5.73 Å². The molecule has 3 N–H and O–H groups in total. The Morgan fingerprint density at radius 3 is 2.96 bits per heavy atom. The van der Waals surface area contributed by atoms with Crippen LogP contribution in [0, 0.1) is 5.92 Å². The molecule has 2 amide bonds. The zero-order chi connectivity index (χ0) is 15.5. The summed E-state index contributed by atoms with van der Waals surface area (Å²) in [5.41, 5.74) is 8.26. The largest absolute Gasteiger partial charge is 0.338 e. The van der Waals surface area contributed by atoms with Crippen molar-refractivity contribution in [1.29, 1.82) is 0 Å². The Morgan fingerprint density at radius 1 is 1.35 bits per heavy atom. The summed E-state index contributed by atoms with van der Waals surface area (Å²) >= 11 is 0. The number of likely N-dealkylation sites (tertiary alicyclic amines) is 1. The highest BCUT2D eigenvalue weighted by Gasteiger charge is 2.25. The molecule has 0 radical (unpaired) electrons. The summed E-state index contributed by atoms with van der Waals surface area (Å²) in [6.07, 6.45) is 4.40. The fourth-order valence-corrected chi connectivity index (χ4v) is 3.42. The second kappa shape index (κ2) is 7.79. The lowest BCUT2D eigenvalue weighted by molar-refractivity contribution is -0.116. The number of anilines is 1. The molecule has 3 rings (SSSR count). The van der Waals surface area contributed by atoms with Gasteiger partial charge in [0.15, 0.2) is 0 Å². The van der Waals surface area contributed by atoms with Crippen molar-refractivity contribution in [2.24, 2.45) is 11.7 Å². The topological polar surface area (TPSA) is 75.4 Å². The molecule has 0 aliphatic carbocycles. The molecule has 2 aliphatic heterocycles. The Hall–Kier alpha value is -1.59. The Kier molecular flexibility index (Phi) is 6.02. The van der Waals surface area contributed by atoms with E-state index in [1.165, 1.54) is 0 Å². The average molecular weight is 338 g/mol. The van der Waals surface area contributed by atoms with Gasteiger partial charge in [0.2, 0.25) is 5.91 Å². The molecule has 0 aromatic heterocycles. The number of carbonyl (C=O) groups is 2. The number of nitrogens with one attached hydrogen (secondary N) is 1. The molecular weight excluding hydrogens is 314 g/mol. The molecule has 1 aromatic carbocycles. The zero-order valence-electron chi connectivity index (χ0n) is 13.2. The quantitative estimate of drug-likeness (QED) is 0.887. The van der Waals surface area contributed by atoms with Gasteiger partial charge in [-0.15, -0.1) is 12.4 Å². The molecule has 1 fully saturated rings. The van der Waals surface area contributed by atoms with E-state index in [-0.39, 0.29) is 24.2 Å². The van der Waals surface area contributed by atoms with Gasteiger partial charge in [-0.3, -0.25) is 9.59 Å². The predicted molar refractivity (Wildman–Crippen MR) is 92.9 cm³/mol. The predicted octanol–water partition coefficient (Wildman–Crippen LogP) is 2.19. The molecule has 2 aliphatic rings. The fraction of sp³-hybridized carbons (Fsp3) is 0.529. The van der Waals surface area contributed by atoms with Gasteiger partial charge in [-0.1, -0.05) is 0 Å². The summed E-state index contributed by atoms with van der Waals surface area (Å²) < 4.78 is 0. The molecule has 0 spiro atoms. The number of nitrogens with two attached hydrogens (primary N) is 1. The van der Waals surface area contributed by atoms with Gasteiger partial charge in [-0.05, 0) is 61.9 Å². The number of nitrogens with zero attached hydrogens (tertiary/aromatic N) is 1. The number of hydrogen-bond acceptors (Lipinski definition) is 3. The normalized spacial score (nSPS) is 20.3. The first-order valence-electron chi connectivity index (χ1n) is 8.09. The highest BCUT2D eigenvalue weighted by atomic mass is 35.5. The third kappa shape index (κ3) is 4.03. The van der Waals surface area contributed by atoms with E-state index in [2.05, 4.69) is 5.32 Å². The van der Waals surface area contributed by atoms with E-state index in [9.17, 15) is 9.59 Å². The number of rotatable bonds is 3. The number of carbonyl (C=O) groups excluding carboxylic acids is 2. The third-order valence-electron chi connectivity index (χ3n) is 4.63. The van der Waals surface area contributed by atoms with Crippen LogP contribution < -0.4 is 11.1 Å². The molecule has 1 atom stereocenters. The summed E-state index contributed by atoms with van der Waals surface area (Å²) in [7, 11) is 0. The van der Waals surface area contributed by atoms with E-state index < -0.39 is 0 Å². The summed E-state index contributed by atoms with van der Waals surface area (Å²) in [5.74, 6) is 0.674. The molecule has 23 heavy (non-hydrogen) atoms. The zero-order valence-corrected chi connectivity index (χ0v) is 14.0. The van der Waals surface area contributed by atoms with Crippen molar-refractivity contribution in [3.8, 4) is 0 Å². The molecule has 5 nitrogen and oxygen atoms in total. The van der Waals surface area contributed by atoms with Crippen molar-refractivity contribution < 1.29 is 9.59 Å². The first kappa shape index (κ1) is 17.8. The van der Waals surface area contributed by atoms with Gasteiger partial charge in [0.25, 0.3) is 5.91 Å². The molecule has 2 heterocycles. The molecule has 1 unspecified atom stereocenters. The van der Waals surface area contributed by atoms with Crippen molar-refractivity contribution in [3.63, 3.8) is 0 Å². The first-order chi connectivity index (χ1) is 10.7. The van der Waals surface area contributed by atoms with E-state index >= 15 is 0 Å². The number of aryl methyl sites for hydroxylation is 1. The summed E-state index contributed by atoms with van der Waals surface area (Å²) in [4.78, 5) is 26.1. The molecule has 1 saturated heterocycles. The maximum absolute atomic E-state index is 12.7. The van der Waals surface area contributed by atoms with Gasteiger partial charge >= 0.3 is 0 Å². The van der Waals surface area contributed by atoms with Crippen molar-refractivity contribution in [2.75, 3.05) is 25.0 Å². The monoisotopic (exact) mass is 337 g/mol. The second-order valence-corrected chi connectivity index (χ2v) is 6.26. The molecular formula is C17H24ClN3O2. The molecule has 126 valence electrons. The minimum Gasteiger partial charge on any atom is -0.338 e. The van der Waals surface area contributed by atoms with Crippen molar-refractivity contribution in [2.45, 2.75) is 32.1 Å². The fourth-order valence-electron chi connectivity index (χ4n) is 3.42. The minimum atomic E-state index is 0. The maximum Gasteiger partial charge on any atom is 0.253 e. The Bertz CT molecular complexity index is 589. The lowest BCUT2D eigenvalue weighted by Gasteiger charge is -2.33. The summed E-state index contributed by atoms with van der Waals surface area (Å²) in [6.45, 7) is 2.32. The van der Waals surface area contributed by atoms with Gasteiger partial charge in [0.1, 0.15) is 0 Å². The summed E-state index contributed by atoms with van der Waals surface area (Å²) in [5, 5.41) is 2.85. The van der Waals surface area contributed by atoms with Crippen LogP contribution in [-0.2, 0) is 11.2 Å². The lowest BCUT2D eigenvalue weighted by Crippen LogP contribution is -2.40. The van der Waals surface area contributed by atoms with E-state index in [0.717, 1.165) is 49.2 Å². The van der Waals surface area contributed by atoms with Gasteiger partial charge in [-0.25, -0.2) is 0 Å². The van der Waals surface area contributed by atoms with Crippen LogP contribution in [0.2, 0.25) is 0 Å². The Morgan fingerprint density at radius 2 is 2.17 bits per heavy atom. The number of halogens is 1. The van der Waals surface area contributed by atoms with Crippen LogP contribution in [0.4, 0.5) is 5.69 Å². The SMILES string of the molecule is Cl.NCCC1CCCN(C(=O)c2ccc3c(c2)CCC(=O)N3)C1. The van der Waals surface area contributed by atoms with Gasteiger partial charge < -0.3 is 16.0 Å². The number of hydrogen-bond donors (Lipinski definition) is 2. The number of amides is 2. The molecule has 0 bridgehead atoms. The number of benzene rings is 1. The highest BCUT2D eigenvalue weighted by Crippen LogP contribution is 2.26. The summed E-state index contributed by atoms with van der Waals surface area (Å²) in [6, 6.07) is 5.60. The smallest absolute Gasteiger partial charge is 0.253 e. The van der Waals surface area contributed by atoms with Gasteiger partial charge in [0.05, 0.1) is 0 Å². The number of fused-ring (bicyclic) bond motifs is 1. The van der Waals surface area contributed by atoms with Crippen LogP contribution in [0.25, 0.3) is 0 Å². The van der Waals surface area contributed by atoms with Crippen LogP contribution in [-0.4, -0.2) is 36.3 Å². The van der Waals surface area contributed by atoms with Gasteiger partial charge in [0, 0.05) is 30.8 Å². The van der Waals surface area contributed by atoms with Gasteiger partial charge in [-0.2, -0.15) is 0 Å². The standard InChI is InChI=1S/C17H23N3O2.ClH/c18-8-7-12-2-1-9-20(11-12)17(22)14-3-5-15-13(10-14)4-6-16(21)19-15;/h3,5,10,12H,1-2,4,6-9,11,18H2,(H,19,21);1H. The van der Waals surface area contributed by atoms with Crippen molar-refractivity contribution in [3.05, 3.63) is 29.3 Å². The van der Waals surface area contributed by atoms with E-state index in [1.54, 1.807) is 0 Å². The van der Waals surface area contributed by atoms with Crippen molar-refractivity contribution in [1.82, 2.24) is 4.90 Å². The Labute approximate surface area is 143 Å². The maximum atomic E-state index is 12.7. The van der Waals surface area contributed by atoms with Crippen LogP contribution in [0.1, 0.15) is 41.6 Å². The minimum absolute atomic E-state index is 0. The first-order valence-corrected chi connectivity index (χ1v) is 8.09. The van der Waals surface area contributed by atoms with Crippen LogP contribution >= 0.6 is 12.4 Å². The van der Waals surface area contributed by atoms with Crippen LogP contribution in [0.5, 0.6) is 0 Å². The molecule has 0 saturated carbocycles.